The topological polar surface area (TPSA) is 40.1 Å². The molecule has 0 spiro atoms. The molecule has 80 valence electrons. The third-order valence-electron chi connectivity index (χ3n) is 0.585. The first kappa shape index (κ1) is 15.4. The lowest BCUT2D eigenvalue weighted by atomic mass is 10.7. The zero-order chi connectivity index (χ0) is 11.1. The molecular formula is C6H11F3O2S2. The third kappa shape index (κ3) is 14.8. The summed E-state index contributed by atoms with van der Waals surface area (Å²) < 4.78 is 31.5. The smallest absolute Gasteiger partial charge is 0.430 e. The summed E-state index contributed by atoms with van der Waals surface area (Å²) in [7, 11) is 0.647. The van der Waals surface area contributed by atoms with Crippen LogP contribution in [0, 0.1) is 0 Å². The maximum Gasteiger partial charge on any atom is 0.430 e. The summed E-state index contributed by atoms with van der Waals surface area (Å²) in [6.07, 6.45) is 1.47. The van der Waals surface area contributed by atoms with Gasteiger partial charge in [-0.05, 0) is 17.2 Å². The van der Waals surface area contributed by atoms with E-state index in [9.17, 15) is 13.2 Å². The van der Waals surface area contributed by atoms with Crippen LogP contribution in [0.4, 0.5) is 13.2 Å². The number of thioether (sulfide) groups is 1. The first-order valence-corrected chi connectivity index (χ1v) is 6.63. The number of rotatable bonds is 2. The minimum absolute atomic E-state index is 0.647. The first-order valence-electron chi connectivity index (χ1n) is 3.03. The van der Waals surface area contributed by atoms with Crippen molar-refractivity contribution >= 4 is 28.6 Å². The standard InChI is InChI=1S/C4H11S2.C2HF3O2/c1-5-4-6(2)3;3-2(4,5)1(6)7/h4H2,1-3H3;(H,6,7)/q+1;/p-1. The molecule has 0 atom stereocenters. The van der Waals surface area contributed by atoms with Gasteiger partial charge >= 0.3 is 6.18 Å². The average molecular weight is 236 g/mol. The molecule has 0 fully saturated rings. The van der Waals surface area contributed by atoms with E-state index in [1.807, 2.05) is 11.8 Å². The van der Waals surface area contributed by atoms with Gasteiger partial charge in [-0.3, -0.25) is 0 Å². The van der Waals surface area contributed by atoms with Gasteiger partial charge in [-0.2, -0.15) is 13.2 Å². The molecule has 0 aromatic heterocycles. The number of carboxylic acids is 1. The maximum atomic E-state index is 10.5. The van der Waals surface area contributed by atoms with Gasteiger partial charge in [0.05, 0.1) is 12.5 Å². The number of hydrogen-bond acceptors (Lipinski definition) is 3. The van der Waals surface area contributed by atoms with Crippen LogP contribution in [0.25, 0.3) is 0 Å². The summed E-state index contributed by atoms with van der Waals surface area (Å²) in [5, 5.41) is 10.1. The van der Waals surface area contributed by atoms with Crippen molar-refractivity contribution in [2.24, 2.45) is 0 Å². The molecule has 0 aliphatic rings. The van der Waals surface area contributed by atoms with Gasteiger partial charge in [0, 0.05) is 0 Å². The maximum absolute atomic E-state index is 10.5. The van der Waals surface area contributed by atoms with E-state index in [-0.39, 0.29) is 0 Å². The van der Waals surface area contributed by atoms with Crippen molar-refractivity contribution in [3.8, 4) is 0 Å². The zero-order valence-corrected chi connectivity index (χ0v) is 9.11. The van der Waals surface area contributed by atoms with Gasteiger partial charge < -0.3 is 9.90 Å². The molecule has 0 aliphatic carbocycles. The molecule has 0 rings (SSSR count). The summed E-state index contributed by atoms with van der Waals surface area (Å²) in [6, 6.07) is 0. The fraction of sp³-hybridized carbons (Fsp3) is 0.833. The number of hydrogen-bond donors (Lipinski definition) is 0. The van der Waals surface area contributed by atoms with Crippen molar-refractivity contribution in [1.29, 1.82) is 0 Å². The Bertz CT molecular complexity index is 147. The van der Waals surface area contributed by atoms with E-state index in [2.05, 4.69) is 18.8 Å². The second-order valence-electron chi connectivity index (χ2n) is 2.18. The Labute approximate surface area is 82.2 Å². The second-order valence-corrected chi connectivity index (χ2v) is 5.67. The Hall–Kier alpha value is -0.0400. The SMILES string of the molecule is CSC[S+](C)C.O=C([O-])C(F)(F)F. The Balaban J connectivity index is 0. The van der Waals surface area contributed by atoms with Gasteiger partial charge in [0.15, 0.2) is 5.08 Å². The number of aliphatic carboxylic acids is 1. The number of halogens is 3. The van der Waals surface area contributed by atoms with Gasteiger partial charge in [0.25, 0.3) is 0 Å². The minimum Gasteiger partial charge on any atom is -0.542 e. The van der Waals surface area contributed by atoms with Crippen molar-refractivity contribution in [2.45, 2.75) is 6.18 Å². The summed E-state index contributed by atoms with van der Waals surface area (Å²) in [5.74, 6) is -3.01. The van der Waals surface area contributed by atoms with E-state index < -0.39 is 12.1 Å². The summed E-state index contributed by atoms with van der Waals surface area (Å²) in [6.45, 7) is 0. The van der Waals surface area contributed by atoms with Gasteiger partial charge in [-0.15, -0.1) is 11.8 Å². The van der Waals surface area contributed by atoms with E-state index in [0.29, 0.717) is 10.9 Å². The molecule has 0 bridgehead atoms. The highest BCUT2D eigenvalue weighted by Gasteiger charge is 2.28. The number of carboxylic acid groups (broad SMARTS) is 1. The molecule has 13 heavy (non-hydrogen) atoms. The number of carbonyl (C=O) groups is 1. The molecule has 0 aromatic carbocycles. The van der Waals surface area contributed by atoms with Crippen LogP contribution in [0.1, 0.15) is 0 Å². The van der Waals surface area contributed by atoms with E-state index in [1.54, 1.807) is 0 Å². The molecule has 0 amide bonds. The van der Waals surface area contributed by atoms with E-state index >= 15 is 0 Å². The van der Waals surface area contributed by atoms with Crippen molar-refractivity contribution in [3.05, 3.63) is 0 Å². The fourth-order valence-electron chi connectivity index (χ4n) is 0.236. The van der Waals surface area contributed by atoms with Crippen LogP contribution in [0.5, 0.6) is 0 Å². The van der Waals surface area contributed by atoms with Crippen LogP contribution in [-0.4, -0.2) is 36.0 Å². The Kier molecular flexibility index (Phi) is 8.75. The van der Waals surface area contributed by atoms with Crippen molar-refractivity contribution in [3.63, 3.8) is 0 Å². The van der Waals surface area contributed by atoms with Gasteiger partial charge in [0.2, 0.25) is 0 Å². The summed E-state index contributed by atoms with van der Waals surface area (Å²) in [5.41, 5.74) is 0. The van der Waals surface area contributed by atoms with E-state index in [1.165, 1.54) is 5.08 Å². The molecule has 0 saturated carbocycles. The van der Waals surface area contributed by atoms with Crippen molar-refractivity contribution in [2.75, 3.05) is 23.9 Å². The highest BCUT2D eigenvalue weighted by Crippen LogP contribution is 2.11. The predicted octanol–water partition coefficient (Wildman–Crippen LogP) is 0.483. The molecule has 7 heteroatoms. The summed E-state index contributed by atoms with van der Waals surface area (Å²) >= 11 is 1.92. The number of carbonyl (C=O) groups excluding carboxylic acids is 1. The lowest BCUT2D eigenvalue weighted by Gasteiger charge is -2.03. The van der Waals surface area contributed by atoms with Crippen LogP contribution < -0.4 is 5.11 Å². The number of alkyl halides is 3. The quantitative estimate of drug-likeness (QED) is 0.655. The van der Waals surface area contributed by atoms with Crippen LogP contribution in [0.3, 0.4) is 0 Å². The van der Waals surface area contributed by atoms with Crippen LogP contribution in [-0.2, 0) is 15.7 Å². The second kappa shape index (κ2) is 7.37. The van der Waals surface area contributed by atoms with Crippen LogP contribution in [0.2, 0.25) is 0 Å². The van der Waals surface area contributed by atoms with Crippen molar-refractivity contribution < 1.29 is 23.1 Å². The van der Waals surface area contributed by atoms with Crippen LogP contribution >= 0.6 is 11.8 Å². The van der Waals surface area contributed by atoms with E-state index in [0.717, 1.165) is 0 Å². The fourth-order valence-corrected chi connectivity index (χ4v) is 2.12. The third-order valence-corrected chi connectivity index (χ3v) is 3.41. The molecule has 0 aliphatic heterocycles. The first-order chi connectivity index (χ1) is 5.71. The Morgan fingerprint density at radius 3 is 1.77 bits per heavy atom. The molecule has 0 aromatic rings. The Morgan fingerprint density at radius 2 is 1.77 bits per heavy atom. The molecule has 0 radical (unpaired) electrons. The van der Waals surface area contributed by atoms with Gasteiger partial charge in [0.1, 0.15) is 5.97 Å². The highest BCUT2D eigenvalue weighted by atomic mass is 32.2. The molecule has 0 unspecified atom stereocenters. The molecule has 0 heterocycles. The monoisotopic (exact) mass is 236 g/mol. The molecule has 2 nitrogen and oxygen atoms in total. The largest absolute Gasteiger partial charge is 0.542 e. The lowest BCUT2D eigenvalue weighted by molar-refractivity contribution is -0.344. The van der Waals surface area contributed by atoms with Gasteiger partial charge in [-0.25, -0.2) is 0 Å². The molecule has 0 saturated heterocycles. The van der Waals surface area contributed by atoms with Gasteiger partial charge in [-0.1, -0.05) is 0 Å². The lowest BCUT2D eigenvalue weighted by Crippen LogP contribution is -2.37. The highest BCUT2D eigenvalue weighted by molar-refractivity contribution is 8.13. The average Bonchev–Trinajstić information content (AvgIpc) is 1.85. The predicted molar refractivity (Wildman–Crippen MR) is 48.7 cm³/mol. The van der Waals surface area contributed by atoms with Crippen LogP contribution in [0.15, 0.2) is 0 Å². The summed E-state index contributed by atoms with van der Waals surface area (Å²) in [4.78, 5) is 8.78. The molecular weight excluding hydrogens is 225 g/mol. The normalized spacial score (nSPS) is 10.7. The van der Waals surface area contributed by atoms with Crippen molar-refractivity contribution in [1.82, 2.24) is 0 Å². The van der Waals surface area contributed by atoms with E-state index in [4.69, 9.17) is 9.90 Å². The molecule has 0 N–H and O–H groups in total. The Morgan fingerprint density at radius 1 is 1.46 bits per heavy atom. The minimum atomic E-state index is -5.19. The zero-order valence-electron chi connectivity index (χ0n) is 7.47.